The molecule has 1 aliphatic rings. The molecule has 0 amide bonds. The smallest absolute Gasteiger partial charge is 0.0628 e. The number of rotatable bonds is 6. The van der Waals surface area contributed by atoms with Crippen LogP contribution in [0.5, 0.6) is 0 Å². The zero-order valence-corrected chi connectivity index (χ0v) is 13.9. The molecule has 1 aromatic rings. The molecule has 0 unspecified atom stereocenters. The summed E-state index contributed by atoms with van der Waals surface area (Å²) in [7, 11) is 0. The van der Waals surface area contributed by atoms with E-state index in [-0.39, 0.29) is 25.1 Å². The zero-order valence-electron chi connectivity index (χ0n) is 13.1. The molecule has 2 N–H and O–H groups in total. The summed E-state index contributed by atoms with van der Waals surface area (Å²) in [6.07, 6.45) is 0. The average molecular weight is 314 g/mol. The lowest BCUT2D eigenvalue weighted by molar-refractivity contribution is 0.111. The van der Waals surface area contributed by atoms with Crippen molar-refractivity contribution in [2.24, 2.45) is 0 Å². The third kappa shape index (κ3) is 4.58. The molecule has 4 nitrogen and oxygen atoms in total. The van der Waals surface area contributed by atoms with Crippen molar-refractivity contribution < 1.29 is 5.11 Å². The van der Waals surface area contributed by atoms with E-state index < -0.39 is 0 Å². The van der Waals surface area contributed by atoms with Crippen LogP contribution in [0, 0.1) is 0 Å². The number of hydrogen-bond acceptors (Lipinski definition) is 4. The van der Waals surface area contributed by atoms with Crippen LogP contribution in [0.1, 0.15) is 25.5 Å². The van der Waals surface area contributed by atoms with Gasteiger partial charge in [-0.2, -0.15) is 0 Å². The summed E-state index contributed by atoms with van der Waals surface area (Å²) in [5, 5.41) is 13.1. The molecular weight excluding hydrogens is 286 g/mol. The Labute approximate surface area is 134 Å². The van der Waals surface area contributed by atoms with Crippen LogP contribution in [0.4, 0.5) is 5.69 Å². The average Bonchev–Trinajstić information content (AvgIpc) is 2.52. The second-order valence-electron chi connectivity index (χ2n) is 5.25. The van der Waals surface area contributed by atoms with Crippen LogP contribution in [-0.4, -0.2) is 55.9 Å². The molecule has 5 heteroatoms. The maximum atomic E-state index is 9.73. The third-order valence-corrected chi connectivity index (χ3v) is 4.17. The molecule has 21 heavy (non-hydrogen) atoms. The van der Waals surface area contributed by atoms with E-state index in [2.05, 4.69) is 53.2 Å². The van der Waals surface area contributed by atoms with Crippen LogP contribution < -0.4 is 10.2 Å². The lowest BCUT2D eigenvalue weighted by Gasteiger charge is -2.34. The third-order valence-electron chi connectivity index (χ3n) is 4.17. The first-order chi connectivity index (χ1) is 9.80. The van der Waals surface area contributed by atoms with Crippen LogP contribution >= 0.6 is 12.4 Å². The Morgan fingerprint density at radius 3 is 2.19 bits per heavy atom. The molecule has 0 bridgehead atoms. The molecule has 120 valence electrons. The molecule has 0 aromatic heterocycles. The van der Waals surface area contributed by atoms with Crippen LogP contribution in [0.25, 0.3) is 0 Å². The summed E-state index contributed by atoms with van der Waals surface area (Å²) < 4.78 is 0. The van der Waals surface area contributed by atoms with Gasteiger partial charge in [0.1, 0.15) is 0 Å². The van der Waals surface area contributed by atoms with E-state index in [9.17, 15) is 5.11 Å². The van der Waals surface area contributed by atoms with Crippen molar-refractivity contribution >= 4 is 18.1 Å². The molecule has 0 radical (unpaired) electrons. The Morgan fingerprint density at radius 2 is 1.71 bits per heavy atom. The number of hydrogen-bond donors (Lipinski definition) is 2. The van der Waals surface area contributed by atoms with E-state index in [0.717, 1.165) is 39.3 Å². The summed E-state index contributed by atoms with van der Waals surface area (Å²) in [4.78, 5) is 4.70. The quantitative estimate of drug-likeness (QED) is 0.841. The van der Waals surface area contributed by atoms with E-state index in [0.29, 0.717) is 0 Å². The SMILES string of the molecule is CCN(CC)c1ccc([C@H](CO)N2CCNCC2)cc1.Cl. The van der Waals surface area contributed by atoms with Crippen molar-refractivity contribution in [3.05, 3.63) is 29.8 Å². The molecule has 1 fully saturated rings. The van der Waals surface area contributed by atoms with Crippen molar-refractivity contribution in [1.29, 1.82) is 0 Å². The first kappa shape index (κ1) is 18.2. The fourth-order valence-corrected chi connectivity index (χ4v) is 2.92. The van der Waals surface area contributed by atoms with Crippen LogP contribution in [-0.2, 0) is 0 Å². The highest BCUT2D eigenvalue weighted by Crippen LogP contribution is 2.23. The number of benzene rings is 1. The molecule has 1 atom stereocenters. The molecule has 1 aliphatic heterocycles. The summed E-state index contributed by atoms with van der Waals surface area (Å²) in [5.41, 5.74) is 2.47. The predicted molar refractivity (Wildman–Crippen MR) is 91.5 cm³/mol. The summed E-state index contributed by atoms with van der Waals surface area (Å²) >= 11 is 0. The number of nitrogens with one attached hydrogen (secondary N) is 1. The largest absolute Gasteiger partial charge is 0.394 e. The summed E-state index contributed by atoms with van der Waals surface area (Å²) in [6.45, 7) is 10.6. The van der Waals surface area contributed by atoms with Gasteiger partial charge in [0.2, 0.25) is 0 Å². The van der Waals surface area contributed by atoms with E-state index >= 15 is 0 Å². The highest BCUT2D eigenvalue weighted by atomic mass is 35.5. The molecule has 0 aliphatic carbocycles. The first-order valence-corrected chi connectivity index (χ1v) is 7.70. The minimum absolute atomic E-state index is 0. The number of aliphatic hydroxyl groups excluding tert-OH is 1. The lowest BCUT2D eigenvalue weighted by atomic mass is 10.0. The van der Waals surface area contributed by atoms with E-state index in [4.69, 9.17) is 0 Å². The molecular formula is C16H28ClN3O. The van der Waals surface area contributed by atoms with Gasteiger partial charge in [-0.3, -0.25) is 4.90 Å². The van der Waals surface area contributed by atoms with Crippen LogP contribution in [0.3, 0.4) is 0 Å². The monoisotopic (exact) mass is 313 g/mol. The van der Waals surface area contributed by atoms with Crippen molar-refractivity contribution in [2.45, 2.75) is 19.9 Å². The van der Waals surface area contributed by atoms with Crippen molar-refractivity contribution in [3.8, 4) is 0 Å². The summed E-state index contributed by atoms with van der Waals surface area (Å²) in [6, 6.07) is 8.80. The standard InChI is InChI=1S/C16H27N3O.ClH/c1-3-18(4-2)15-7-5-14(6-8-15)16(13-20)19-11-9-17-10-12-19;/h5-8,16-17,20H,3-4,9-13H2,1-2H3;1H/t16-;/m0./s1. The number of aliphatic hydroxyl groups is 1. The van der Waals surface area contributed by atoms with E-state index in [1.54, 1.807) is 0 Å². The van der Waals surface area contributed by atoms with Gasteiger partial charge in [-0.15, -0.1) is 12.4 Å². The second-order valence-corrected chi connectivity index (χ2v) is 5.25. The molecule has 0 saturated carbocycles. The van der Waals surface area contributed by atoms with Crippen LogP contribution in [0.15, 0.2) is 24.3 Å². The number of halogens is 1. The molecule has 2 rings (SSSR count). The molecule has 1 saturated heterocycles. The Balaban J connectivity index is 0.00000220. The molecule has 0 spiro atoms. The topological polar surface area (TPSA) is 38.7 Å². The number of piperazine rings is 1. The normalized spacial score (nSPS) is 17.1. The van der Waals surface area contributed by atoms with Gasteiger partial charge < -0.3 is 15.3 Å². The van der Waals surface area contributed by atoms with Gasteiger partial charge in [-0.1, -0.05) is 12.1 Å². The predicted octanol–water partition coefficient (Wildman–Crippen LogP) is 1.89. The van der Waals surface area contributed by atoms with Crippen molar-refractivity contribution in [1.82, 2.24) is 10.2 Å². The van der Waals surface area contributed by atoms with E-state index in [1.807, 2.05) is 0 Å². The van der Waals surface area contributed by atoms with Gasteiger partial charge >= 0.3 is 0 Å². The van der Waals surface area contributed by atoms with Gasteiger partial charge in [0, 0.05) is 45.0 Å². The highest BCUT2D eigenvalue weighted by Gasteiger charge is 2.21. The van der Waals surface area contributed by atoms with Crippen molar-refractivity contribution in [3.63, 3.8) is 0 Å². The number of anilines is 1. The Morgan fingerprint density at radius 1 is 1.14 bits per heavy atom. The molecule has 1 heterocycles. The lowest BCUT2D eigenvalue weighted by Crippen LogP contribution is -2.46. The fraction of sp³-hybridized carbons (Fsp3) is 0.625. The van der Waals surface area contributed by atoms with Gasteiger partial charge in [0.15, 0.2) is 0 Å². The minimum atomic E-state index is 0. The van der Waals surface area contributed by atoms with Gasteiger partial charge in [0.05, 0.1) is 12.6 Å². The Bertz CT molecular complexity index is 389. The maximum Gasteiger partial charge on any atom is 0.0628 e. The van der Waals surface area contributed by atoms with Gasteiger partial charge in [-0.25, -0.2) is 0 Å². The minimum Gasteiger partial charge on any atom is -0.394 e. The maximum absolute atomic E-state index is 9.73. The summed E-state index contributed by atoms with van der Waals surface area (Å²) in [5.74, 6) is 0. The van der Waals surface area contributed by atoms with E-state index in [1.165, 1.54) is 11.3 Å². The first-order valence-electron chi connectivity index (χ1n) is 7.70. The zero-order chi connectivity index (χ0) is 14.4. The number of nitrogens with zero attached hydrogens (tertiary/aromatic N) is 2. The van der Waals surface area contributed by atoms with Crippen molar-refractivity contribution in [2.75, 3.05) is 50.8 Å². The highest BCUT2D eigenvalue weighted by molar-refractivity contribution is 5.85. The Hall–Kier alpha value is -0.810. The van der Waals surface area contributed by atoms with Crippen LogP contribution in [0.2, 0.25) is 0 Å². The molecule has 1 aromatic carbocycles. The fourth-order valence-electron chi connectivity index (χ4n) is 2.92. The second kappa shape index (κ2) is 9.26. The van der Waals surface area contributed by atoms with Gasteiger partial charge in [0.25, 0.3) is 0 Å². The van der Waals surface area contributed by atoms with Gasteiger partial charge in [-0.05, 0) is 31.5 Å². The Kier molecular flexibility index (Phi) is 8.04.